The van der Waals surface area contributed by atoms with Crippen molar-refractivity contribution in [2.75, 3.05) is 26.2 Å². The summed E-state index contributed by atoms with van der Waals surface area (Å²) in [5, 5.41) is 8.35. The van der Waals surface area contributed by atoms with Crippen LogP contribution in [0.4, 0.5) is 4.39 Å². The molecule has 1 aliphatic rings. The van der Waals surface area contributed by atoms with E-state index in [0.717, 1.165) is 36.6 Å². The summed E-state index contributed by atoms with van der Waals surface area (Å²) in [5.74, 6) is -0.263. The number of nitrogens with zero attached hydrogens (tertiary/aromatic N) is 5. The number of para-hydroxylation sites is 1. The first-order valence-corrected chi connectivity index (χ1v) is 9.80. The molecule has 0 aliphatic carbocycles. The summed E-state index contributed by atoms with van der Waals surface area (Å²) in [6.07, 6.45) is 2.04. The van der Waals surface area contributed by atoms with Gasteiger partial charge in [0, 0.05) is 32.7 Å². The van der Waals surface area contributed by atoms with Gasteiger partial charge in [0.15, 0.2) is 0 Å². The number of aromatic nitrogens is 3. The Bertz CT molecular complexity index is 994. The molecule has 1 aliphatic heterocycles. The summed E-state index contributed by atoms with van der Waals surface area (Å²) in [6.45, 7) is 5.69. The topological polar surface area (TPSA) is 54.3 Å². The highest BCUT2D eigenvalue weighted by atomic mass is 19.1. The van der Waals surface area contributed by atoms with E-state index in [1.165, 1.54) is 12.1 Å². The van der Waals surface area contributed by atoms with Gasteiger partial charge in [0.25, 0.3) is 0 Å². The van der Waals surface area contributed by atoms with Crippen LogP contribution in [0.15, 0.2) is 54.7 Å². The van der Waals surface area contributed by atoms with Crippen LogP contribution < -0.4 is 0 Å². The van der Waals surface area contributed by atoms with Crippen molar-refractivity contribution in [2.45, 2.75) is 19.9 Å². The third kappa shape index (κ3) is 4.51. The van der Waals surface area contributed by atoms with E-state index in [2.05, 4.69) is 28.2 Å². The molecule has 0 bridgehead atoms. The van der Waals surface area contributed by atoms with E-state index in [1.54, 1.807) is 18.3 Å². The lowest BCUT2D eigenvalue weighted by Gasteiger charge is -2.34. The van der Waals surface area contributed by atoms with Gasteiger partial charge < -0.3 is 4.90 Å². The largest absolute Gasteiger partial charge is 0.340 e. The van der Waals surface area contributed by atoms with Crippen LogP contribution in [0, 0.1) is 12.7 Å². The molecule has 3 aromatic rings. The number of hydrogen-bond donors (Lipinski definition) is 0. The standard InChI is InChI=1S/C22H24FN5O/c1-17-5-2-3-8-21(17)28-20(15-24-25-28)16-26-9-11-27(12-10-26)22(29)14-18-6-4-7-19(23)13-18/h2-8,13,15H,9-12,14,16H2,1H3. The van der Waals surface area contributed by atoms with E-state index >= 15 is 0 Å². The summed E-state index contributed by atoms with van der Waals surface area (Å²) in [4.78, 5) is 16.7. The average Bonchev–Trinajstić information content (AvgIpc) is 3.17. The summed E-state index contributed by atoms with van der Waals surface area (Å²) < 4.78 is 15.2. The SMILES string of the molecule is Cc1ccccc1-n1nncc1CN1CCN(C(=O)Cc2cccc(F)c2)CC1. The minimum atomic E-state index is -0.306. The number of carbonyl (C=O) groups is 1. The Hall–Kier alpha value is -3.06. The molecule has 150 valence electrons. The number of aryl methyl sites for hydroxylation is 1. The van der Waals surface area contributed by atoms with Crippen LogP contribution in [0.5, 0.6) is 0 Å². The summed E-state index contributed by atoms with van der Waals surface area (Å²) >= 11 is 0. The molecule has 0 N–H and O–H groups in total. The number of rotatable bonds is 5. The van der Waals surface area contributed by atoms with E-state index in [0.29, 0.717) is 18.7 Å². The zero-order valence-electron chi connectivity index (χ0n) is 16.5. The van der Waals surface area contributed by atoms with Crippen LogP contribution in [0.25, 0.3) is 5.69 Å². The van der Waals surface area contributed by atoms with Crippen LogP contribution in [0.2, 0.25) is 0 Å². The van der Waals surface area contributed by atoms with Crippen molar-refractivity contribution < 1.29 is 9.18 Å². The highest BCUT2D eigenvalue weighted by Crippen LogP contribution is 2.16. The second kappa shape index (κ2) is 8.53. The van der Waals surface area contributed by atoms with Gasteiger partial charge >= 0.3 is 0 Å². The fourth-order valence-corrected chi connectivity index (χ4v) is 3.69. The maximum atomic E-state index is 13.3. The maximum Gasteiger partial charge on any atom is 0.227 e. The maximum absolute atomic E-state index is 13.3. The van der Waals surface area contributed by atoms with Crippen LogP contribution >= 0.6 is 0 Å². The molecule has 0 unspecified atom stereocenters. The molecule has 2 aromatic carbocycles. The third-order valence-corrected chi connectivity index (χ3v) is 5.32. The van der Waals surface area contributed by atoms with Gasteiger partial charge in [0.1, 0.15) is 5.82 Å². The van der Waals surface area contributed by atoms with Crippen molar-refractivity contribution in [1.82, 2.24) is 24.8 Å². The predicted molar refractivity (Wildman–Crippen MR) is 108 cm³/mol. The highest BCUT2D eigenvalue weighted by Gasteiger charge is 2.22. The van der Waals surface area contributed by atoms with Crippen molar-refractivity contribution >= 4 is 5.91 Å². The zero-order chi connectivity index (χ0) is 20.2. The highest BCUT2D eigenvalue weighted by molar-refractivity contribution is 5.78. The Morgan fingerprint density at radius 3 is 2.62 bits per heavy atom. The first-order chi connectivity index (χ1) is 14.1. The van der Waals surface area contributed by atoms with Crippen molar-refractivity contribution in [3.63, 3.8) is 0 Å². The molecule has 4 rings (SSSR count). The van der Waals surface area contributed by atoms with Gasteiger partial charge in [0.2, 0.25) is 5.91 Å². The second-order valence-corrected chi connectivity index (χ2v) is 7.39. The van der Waals surface area contributed by atoms with Gasteiger partial charge in [-0.05, 0) is 36.2 Å². The Kier molecular flexibility index (Phi) is 5.67. The minimum Gasteiger partial charge on any atom is -0.340 e. The van der Waals surface area contributed by atoms with Gasteiger partial charge in [-0.15, -0.1) is 5.10 Å². The molecule has 7 heteroatoms. The molecule has 0 radical (unpaired) electrons. The molecule has 1 amide bonds. The third-order valence-electron chi connectivity index (χ3n) is 5.32. The first-order valence-electron chi connectivity index (χ1n) is 9.80. The number of piperazine rings is 1. The fourth-order valence-electron chi connectivity index (χ4n) is 3.69. The predicted octanol–water partition coefficient (Wildman–Crippen LogP) is 2.60. The molecule has 1 saturated heterocycles. The fraction of sp³-hybridized carbons (Fsp3) is 0.318. The van der Waals surface area contributed by atoms with E-state index in [4.69, 9.17) is 0 Å². The Morgan fingerprint density at radius 2 is 1.86 bits per heavy atom. The Balaban J connectivity index is 1.35. The number of hydrogen-bond acceptors (Lipinski definition) is 4. The van der Waals surface area contributed by atoms with Crippen LogP contribution in [0.3, 0.4) is 0 Å². The molecule has 1 fully saturated rings. The molecule has 1 aromatic heterocycles. The normalized spacial score (nSPS) is 14.9. The molecule has 29 heavy (non-hydrogen) atoms. The molecule has 0 saturated carbocycles. The van der Waals surface area contributed by atoms with Gasteiger partial charge in [-0.1, -0.05) is 35.5 Å². The van der Waals surface area contributed by atoms with Crippen molar-refractivity contribution in [2.24, 2.45) is 0 Å². The second-order valence-electron chi connectivity index (χ2n) is 7.39. The number of carbonyl (C=O) groups excluding carboxylic acids is 1. The van der Waals surface area contributed by atoms with Gasteiger partial charge in [-0.3, -0.25) is 9.69 Å². The van der Waals surface area contributed by atoms with E-state index < -0.39 is 0 Å². The first kappa shape index (κ1) is 19.3. The Labute approximate surface area is 169 Å². The summed E-state index contributed by atoms with van der Waals surface area (Å²) in [7, 11) is 0. The van der Waals surface area contributed by atoms with Crippen LogP contribution in [0.1, 0.15) is 16.8 Å². The van der Waals surface area contributed by atoms with Crippen molar-refractivity contribution in [3.05, 3.63) is 77.4 Å². The molecule has 0 atom stereocenters. The monoisotopic (exact) mass is 393 g/mol. The minimum absolute atomic E-state index is 0.0434. The molecule has 2 heterocycles. The number of halogens is 1. The summed E-state index contributed by atoms with van der Waals surface area (Å²) in [6, 6.07) is 14.3. The zero-order valence-corrected chi connectivity index (χ0v) is 16.5. The van der Waals surface area contributed by atoms with Crippen molar-refractivity contribution in [1.29, 1.82) is 0 Å². The van der Waals surface area contributed by atoms with E-state index in [1.807, 2.05) is 27.8 Å². The lowest BCUT2D eigenvalue weighted by molar-refractivity contribution is -0.132. The van der Waals surface area contributed by atoms with Gasteiger partial charge in [0.05, 0.1) is 24.0 Å². The van der Waals surface area contributed by atoms with Gasteiger partial charge in [-0.2, -0.15) is 0 Å². The number of benzene rings is 2. The lowest BCUT2D eigenvalue weighted by Crippen LogP contribution is -2.48. The molecular formula is C22H24FN5O. The average molecular weight is 393 g/mol. The lowest BCUT2D eigenvalue weighted by atomic mass is 10.1. The Morgan fingerprint density at radius 1 is 1.07 bits per heavy atom. The van der Waals surface area contributed by atoms with Gasteiger partial charge in [-0.25, -0.2) is 9.07 Å². The smallest absolute Gasteiger partial charge is 0.227 e. The number of amides is 1. The van der Waals surface area contributed by atoms with Crippen LogP contribution in [-0.4, -0.2) is 56.9 Å². The molecular weight excluding hydrogens is 369 g/mol. The molecule has 0 spiro atoms. The van der Waals surface area contributed by atoms with Crippen molar-refractivity contribution in [3.8, 4) is 5.69 Å². The molecule has 6 nitrogen and oxygen atoms in total. The van der Waals surface area contributed by atoms with E-state index in [9.17, 15) is 9.18 Å². The van der Waals surface area contributed by atoms with Crippen LogP contribution in [-0.2, 0) is 17.8 Å². The summed E-state index contributed by atoms with van der Waals surface area (Å²) in [5.41, 5.74) is 3.92. The quantitative estimate of drug-likeness (QED) is 0.669. The van der Waals surface area contributed by atoms with E-state index in [-0.39, 0.29) is 18.1 Å².